The Labute approximate surface area is 150 Å². The third-order valence-electron chi connectivity index (χ3n) is 3.58. The maximum absolute atomic E-state index is 13.0. The SMILES string of the molecule is CCN(Cc1ccc(Cl)s1)C(=O)c1ccc(OC)c(OC)c1OC. The van der Waals surface area contributed by atoms with E-state index in [1.807, 2.05) is 19.1 Å². The Bertz CT molecular complexity index is 717. The van der Waals surface area contributed by atoms with Crippen LogP contribution in [-0.2, 0) is 6.54 Å². The minimum Gasteiger partial charge on any atom is -0.493 e. The summed E-state index contributed by atoms with van der Waals surface area (Å²) < 4.78 is 16.7. The molecule has 0 bridgehead atoms. The van der Waals surface area contributed by atoms with Gasteiger partial charge >= 0.3 is 0 Å². The standard InChI is InChI=1S/C17H20ClNO4S/c1-5-19(10-11-6-9-14(18)24-11)17(20)12-7-8-13(21-2)16(23-4)15(12)22-3/h6-9H,5,10H2,1-4H3. The van der Waals surface area contributed by atoms with Crippen molar-refractivity contribution in [1.29, 1.82) is 0 Å². The first kappa shape index (κ1) is 18.4. The summed E-state index contributed by atoms with van der Waals surface area (Å²) in [4.78, 5) is 15.7. The second kappa shape index (κ2) is 8.26. The first-order valence-corrected chi connectivity index (χ1v) is 8.57. The summed E-state index contributed by atoms with van der Waals surface area (Å²) in [5.41, 5.74) is 0.430. The van der Waals surface area contributed by atoms with E-state index in [4.69, 9.17) is 25.8 Å². The van der Waals surface area contributed by atoms with Crippen LogP contribution in [0.5, 0.6) is 17.2 Å². The molecule has 1 aromatic heterocycles. The van der Waals surface area contributed by atoms with Crippen LogP contribution < -0.4 is 14.2 Å². The minimum atomic E-state index is -0.139. The Kier molecular flexibility index (Phi) is 6.34. The van der Waals surface area contributed by atoms with Crippen LogP contribution in [0, 0.1) is 0 Å². The summed E-state index contributed by atoms with van der Waals surface area (Å²) in [7, 11) is 4.56. The fourth-order valence-electron chi connectivity index (χ4n) is 2.39. The van der Waals surface area contributed by atoms with Crippen LogP contribution >= 0.6 is 22.9 Å². The molecule has 1 aromatic carbocycles. The number of amides is 1. The summed E-state index contributed by atoms with van der Waals surface area (Å²) >= 11 is 7.43. The van der Waals surface area contributed by atoms with Crippen LogP contribution in [0.3, 0.4) is 0 Å². The maximum Gasteiger partial charge on any atom is 0.258 e. The minimum absolute atomic E-state index is 0.139. The molecule has 0 unspecified atom stereocenters. The summed E-state index contributed by atoms with van der Waals surface area (Å²) in [6.07, 6.45) is 0. The van der Waals surface area contributed by atoms with Crippen molar-refractivity contribution < 1.29 is 19.0 Å². The molecular weight excluding hydrogens is 350 g/mol. The first-order chi connectivity index (χ1) is 11.5. The van der Waals surface area contributed by atoms with Crippen LogP contribution in [0.2, 0.25) is 4.34 Å². The zero-order valence-corrected chi connectivity index (χ0v) is 15.7. The van der Waals surface area contributed by atoms with Gasteiger partial charge in [-0.25, -0.2) is 0 Å². The average molecular weight is 370 g/mol. The van der Waals surface area contributed by atoms with E-state index in [1.54, 1.807) is 17.0 Å². The Hall–Kier alpha value is -1.92. The van der Waals surface area contributed by atoms with Gasteiger partial charge in [0.25, 0.3) is 5.91 Å². The number of hydrogen-bond donors (Lipinski definition) is 0. The average Bonchev–Trinajstić information content (AvgIpc) is 3.02. The molecule has 0 spiro atoms. The fourth-order valence-corrected chi connectivity index (χ4v) is 3.50. The van der Waals surface area contributed by atoms with E-state index in [1.165, 1.54) is 32.7 Å². The molecule has 0 saturated heterocycles. The number of hydrogen-bond acceptors (Lipinski definition) is 5. The van der Waals surface area contributed by atoms with Gasteiger partial charge < -0.3 is 19.1 Å². The molecule has 0 saturated carbocycles. The Morgan fingerprint density at radius 1 is 1.08 bits per heavy atom. The number of nitrogens with zero attached hydrogens (tertiary/aromatic N) is 1. The number of ether oxygens (including phenoxy) is 3. The topological polar surface area (TPSA) is 48.0 Å². The summed E-state index contributed by atoms with van der Waals surface area (Å²) in [6.45, 7) is 2.98. The van der Waals surface area contributed by atoms with Crippen LogP contribution in [0.1, 0.15) is 22.2 Å². The van der Waals surface area contributed by atoms with E-state index in [-0.39, 0.29) is 5.91 Å². The Morgan fingerprint density at radius 2 is 1.79 bits per heavy atom. The van der Waals surface area contributed by atoms with Gasteiger partial charge in [0.2, 0.25) is 5.75 Å². The van der Waals surface area contributed by atoms with Crippen LogP contribution in [-0.4, -0.2) is 38.7 Å². The molecule has 0 aliphatic rings. The summed E-state index contributed by atoms with van der Waals surface area (Å²) in [5, 5.41) is 0. The first-order valence-electron chi connectivity index (χ1n) is 7.38. The van der Waals surface area contributed by atoms with Crippen molar-refractivity contribution in [2.75, 3.05) is 27.9 Å². The lowest BCUT2D eigenvalue weighted by molar-refractivity contribution is 0.0750. The van der Waals surface area contributed by atoms with Gasteiger partial charge in [0.05, 0.1) is 37.8 Å². The molecule has 0 fully saturated rings. The third-order valence-corrected chi connectivity index (χ3v) is 4.79. The predicted octanol–water partition coefficient (Wildman–Crippen LogP) is 4.09. The van der Waals surface area contributed by atoms with Gasteiger partial charge in [0, 0.05) is 11.4 Å². The van der Waals surface area contributed by atoms with Crippen molar-refractivity contribution in [3.63, 3.8) is 0 Å². The predicted molar refractivity (Wildman–Crippen MR) is 95.8 cm³/mol. The second-order valence-electron chi connectivity index (χ2n) is 4.91. The monoisotopic (exact) mass is 369 g/mol. The molecule has 130 valence electrons. The maximum atomic E-state index is 13.0. The fraction of sp³-hybridized carbons (Fsp3) is 0.353. The molecule has 5 nitrogen and oxygen atoms in total. The highest BCUT2D eigenvalue weighted by atomic mass is 35.5. The number of thiophene rings is 1. The molecule has 2 aromatic rings. The van der Waals surface area contributed by atoms with Crippen molar-refractivity contribution in [3.05, 3.63) is 39.0 Å². The Morgan fingerprint density at radius 3 is 2.29 bits per heavy atom. The lowest BCUT2D eigenvalue weighted by atomic mass is 10.1. The quantitative estimate of drug-likeness (QED) is 0.737. The van der Waals surface area contributed by atoms with Gasteiger partial charge in [-0.15, -0.1) is 11.3 Å². The van der Waals surface area contributed by atoms with Gasteiger partial charge in [0.15, 0.2) is 11.5 Å². The van der Waals surface area contributed by atoms with Crippen LogP contribution in [0.25, 0.3) is 0 Å². The molecule has 2 rings (SSSR count). The highest BCUT2D eigenvalue weighted by molar-refractivity contribution is 7.16. The molecule has 1 amide bonds. The Balaban J connectivity index is 2.36. The van der Waals surface area contributed by atoms with E-state index in [2.05, 4.69) is 0 Å². The van der Waals surface area contributed by atoms with Crippen molar-refractivity contribution >= 4 is 28.8 Å². The van der Waals surface area contributed by atoms with Gasteiger partial charge in [-0.05, 0) is 31.2 Å². The molecule has 0 atom stereocenters. The normalized spacial score (nSPS) is 10.4. The van der Waals surface area contributed by atoms with E-state index >= 15 is 0 Å². The molecule has 1 heterocycles. The molecule has 0 aliphatic carbocycles. The number of benzene rings is 1. The smallest absolute Gasteiger partial charge is 0.258 e. The number of carbonyl (C=O) groups is 1. The van der Waals surface area contributed by atoms with E-state index < -0.39 is 0 Å². The molecule has 0 aliphatic heterocycles. The van der Waals surface area contributed by atoms with Gasteiger partial charge in [0.1, 0.15) is 0 Å². The summed E-state index contributed by atoms with van der Waals surface area (Å²) in [6, 6.07) is 7.14. The molecule has 24 heavy (non-hydrogen) atoms. The number of methoxy groups -OCH3 is 3. The second-order valence-corrected chi connectivity index (χ2v) is 6.71. The zero-order chi connectivity index (χ0) is 17.7. The highest BCUT2D eigenvalue weighted by Crippen LogP contribution is 2.40. The molecule has 7 heteroatoms. The zero-order valence-electron chi connectivity index (χ0n) is 14.1. The lowest BCUT2D eigenvalue weighted by Crippen LogP contribution is -2.30. The largest absolute Gasteiger partial charge is 0.493 e. The summed E-state index contributed by atoms with van der Waals surface area (Å²) in [5.74, 6) is 1.14. The van der Waals surface area contributed by atoms with Crippen LogP contribution in [0.4, 0.5) is 0 Å². The molecular formula is C17H20ClNO4S. The van der Waals surface area contributed by atoms with E-state index in [9.17, 15) is 4.79 Å². The highest BCUT2D eigenvalue weighted by Gasteiger charge is 2.24. The van der Waals surface area contributed by atoms with Gasteiger partial charge in [-0.3, -0.25) is 4.79 Å². The van der Waals surface area contributed by atoms with Crippen molar-refractivity contribution in [2.45, 2.75) is 13.5 Å². The molecule has 0 radical (unpaired) electrons. The van der Waals surface area contributed by atoms with Gasteiger partial charge in [-0.1, -0.05) is 11.6 Å². The van der Waals surface area contributed by atoms with E-state index in [0.717, 1.165) is 4.88 Å². The third kappa shape index (κ3) is 3.76. The number of carbonyl (C=O) groups excluding carboxylic acids is 1. The number of halogens is 1. The number of rotatable bonds is 7. The van der Waals surface area contributed by atoms with Crippen molar-refractivity contribution in [3.8, 4) is 17.2 Å². The van der Waals surface area contributed by atoms with Crippen LogP contribution in [0.15, 0.2) is 24.3 Å². The van der Waals surface area contributed by atoms with Crippen molar-refractivity contribution in [1.82, 2.24) is 4.90 Å². The van der Waals surface area contributed by atoms with E-state index in [0.29, 0.717) is 40.2 Å². The molecule has 0 N–H and O–H groups in total. The van der Waals surface area contributed by atoms with Crippen molar-refractivity contribution in [2.24, 2.45) is 0 Å². The van der Waals surface area contributed by atoms with Gasteiger partial charge in [-0.2, -0.15) is 0 Å². The lowest BCUT2D eigenvalue weighted by Gasteiger charge is -2.22.